The van der Waals surface area contributed by atoms with Gasteiger partial charge < -0.3 is 9.64 Å². The minimum absolute atomic E-state index is 0.333. The van der Waals surface area contributed by atoms with Crippen molar-refractivity contribution in [1.29, 1.82) is 0 Å². The van der Waals surface area contributed by atoms with Crippen LogP contribution in [0.3, 0.4) is 0 Å². The van der Waals surface area contributed by atoms with Gasteiger partial charge in [-0.05, 0) is 42.0 Å². The van der Waals surface area contributed by atoms with Gasteiger partial charge in [-0.25, -0.2) is 4.90 Å². The first-order valence-electron chi connectivity index (χ1n) is 10.2. The molecule has 2 unspecified atom stereocenters. The number of benzene rings is 2. The number of amides is 2. The van der Waals surface area contributed by atoms with Gasteiger partial charge in [0.1, 0.15) is 11.4 Å². The van der Waals surface area contributed by atoms with Crippen molar-refractivity contribution in [1.82, 2.24) is 4.90 Å². The van der Waals surface area contributed by atoms with Crippen LogP contribution in [-0.4, -0.2) is 36.9 Å². The van der Waals surface area contributed by atoms with E-state index in [2.05, 4.69) is 18.7 Å². The number of likely N-dealkylation sites (tertiary alicyclic amines) is 1. The summed E-state index contributed by atoms with van der Waals surface area (Å²) in [6, 6.07) is 14.3. The van der Waals surface area contributed by atoms with Crippen molar-refractivity contribution in [3.63, 3.8) is 0 Å². The molecule has 2 aromatic carbocycles. The summed E-state index contributed by atoms with van der Waals surface area (Å²) >= 11 is 6.20. The molecular weight excluding hydrogens is 400 g/mol. The zero-order valence-electron chi connectivity index (χ0n) is 17.4. The first kappa shape index (κ1) is 20.5. The molecule has 156 valence electrons. The predicted octanol–water partition coefficient (Wildman–Crippen LogP) is 4.61. The van der Waals surface area contributed by atoms with Gasteiger partial charge in [0.15, 0.2) is 0 Å². The van der Waals surface area contributed by atoms with Gasteiger partial charge in [0, 0.05) is 18.1 Å². The first-order valence-corrected chi connectivity index (χ1v) is 10.6. The fraction of sp³-hybridized carbons (Fsp3) is 0.333. The second-order valence-electron chi connectivity index (χ2n) is 8.20. The summed E-state index contributed by atoms with van der Waals surface area (Å²) in [7, 11) is 1.51. The van der Waals surface area contributed by atoms with Crippen LogP contribution in [0.1, 0.15) is 25.8 Å². The fourth-order valence-corrected chi connectivity index (χ4v) is 4.75. The van der Waals surface area contributed by atoms with Gasteiger partial charge in [-0.2, -0.15) is 0 Å². The predicted molar refractivity (Wildman–Crippen MR) is 118 cm³/mol. The highest BCUT2D eigenvalue weighted by atomic mass is 35.5. The topological polar surface area (TPSA) is 49.9 Å². The van der Waals surface area contributed by atoms with E-state index in [0.717, 1.165) is 25.1 Å². The molecule has 2 aliphatic heterocycles. The molecule has 5 nitrogen and oxygen atoms in total. The van der Waals surface area contributed by atoms with Crippen LogP contribution in [0.4, 0.5) is 5.69 Å². The number of piperidine rings is 1. The normalized spacial score (nSPS) is 22.1. The van der Waals surface area contributed by atoms with Gasteiger partial charge in [-0.3, -0.25) is 9.59 Å². The standard InChI is InChI=1S/C24H25ClN2O3/c1-15-11-16(2)14-26(13-15)22-21(17-7-5-4-6-8-17)23(28)27(24(22)29)19-12-18(25)9-10-20(19)30-3/h4-10,12,15-16H,11,13-14H2,1-3H3. The molecule has 2 heterocycles. The van der Waals surface area contributed by atoms with E-state index in [9.17, 15) is 9.59 Å². The van der Waals surface area contributed by atoms with Gasteiger partial charge in [0.25, 0.3) is 11.8 Å². The molecule has 1 fully saturated rings. The SMILES string of the molecule is COc1ccc(Cl)cc1N1C(=O)C(c2ccccc2)=C(N2CC(C)CC(C)C2)C1=O. The van der Waals surface area contributed by atoms with Crippen molar-refractivity contribution in [2.45, 2.75) is 20.3 Å². The number of hydrogen-bond acceptors (Lipinski definition) is 4. The molecule has 0 aromatic heterocycles. The lowest BCUT2D eigenvalue weighted by Crippen LogP contribution is -2.42. The second-order valence-corrected chi connectivity index (χ2v) is 8.64. The van der Waals surface area contributed by atoms with Crippen LogP contribution in [0.25, 0.3) is 5.57 Å². The van der Waals surface area contributed by atoms with Gasteiger partial charge in [0.2, 0.25) is 0 Å². The number of nitrogens with zero attached hydrogens (tertiary/aromatic N) is 2. The van der Waals surface area contributed by atoms with E-state index in [0.29, 0.717) is 39.6 Å². The number of methoxy groups -OCH3 is 1. The molecule has 0 aliphatic carbocycles. The highest BCUT2D eigenvalue weighted by Gasteiger charge is 2.44. The van der Waals surface area contributed by atoms with Crippen LogP contribution < -0.4 is 9.64 Å². The molecular formula is C24H25ClN2O3. The van der Waals surface area contributed by atoms with Crippen molar-refractivity contribution in [2.75, 3.05) is 25.1 Å². The van der Waals surface area contributed by atoms with Crippen molar-refractivity contribution >= 4 is 34.7 Å². The molecule has 0 radical (unpaired) electrons. The molecule has 0 saturated carbocycles. The van der Waals surface area contributed by atoms with Crippen molar-refractivity contribution < 1.29 is 14.3 Å². The van der Waals surface area contributed by atoms with Crippen molar-refractivity contribution in [3.8, 4) is 5.75 Å². The van der Waals surface area contributed by atoms with Crippen LogP contribution in [0, 0.1) is 11.8 Å². The number of anilines is 1. The first-order chi connectivity index (χ1) is 14.4. The Labute approximate surface area is 181 Å². The van der Waals surface area contributed by atoms with Gasteiger partial charge in [0.05, 0.1) is 18.4 Å². The number of carbonyl (C=O) groups excluding carboxylic acids is 2. The van der Waals surface area contributed by atoms with Gasteiger partial charge in [-0.1, -0.05) is 55.8 Å². The lowest BCUT2D eigenvalue weighted by atomic mass is 9.91. The average Bonchev–Trinajstić information content (AvgIpc) is 2.98. The molecule has 2 aromatic rings. The number of carbonyl (C=O) groups is 2. The van der Waals surface area contributed by atoms with Crippen LogP contribution in [0.15, 0.2) is 54.2 Å². The minimum atomic E-state index is -0.354. The molecule has 2 atom stereocenters. The molecule has 0 spiro atoms. The average molecular weight is 425 g/mol. The van der Waals surface area contributed by atoms with E-state index in [-0.39, 0.29) is 11.8 Å². The maximum absolute atomic E-state index is 13.7. The molecule has 2 amide bonds. The highest BCUT2D eigenvalue weighted by Crippen LogP contribution is 2.41. The van der Waals surface area contributed by atoms with E-state index in [1.807, 2.05) is 30.3 Å². The maximum Gasteiger partial charge on any atom is 0.282 e. The Bertz CT molecular complexity index is 1010. The highest BCUT2D eigenvalue weighted by molar-refractivity contribution is 6.46. The van der Waals surface area contributed by atoms with Gasteiger partial charge >= 0.3 is 0 Å². The van der Waals surface area contributed by atoms with Crippen molar-refractivity contribution in [2.24, 2.45) is 11.8 Å². The smallest absolute Gasteiger partial charge is 0.282 e. The number of rotatable bonds is 4. The summed E-state index contributed by atoms with van der Waals surface area (Å²) in [5.41, 5.74) is 2.00. The number of halogens is 1. The second kappa shape index (κ2) is 8.15. The van der Waals surface area contributed by atoms with Crippen LogP contribution in [0.2, 0.25) is 5.02 Å². The van der Waals surface area contributed by atoms with E-state index in [1.54, 1.807) is 18.2 Å². The van der Waals surface area contributed by atoms with E-state index in [4.69, 9.17) is 16.3 Å². The van der Waals surface area contributed by atoms with E-state index >= 15 is 0 Å². The van der Waals surface area contributed by atoms with Crippen LogP contribution >= 0.6 is 11.6 Å². The van der Waals surface area contributed by atoms with E-state index in [1.165, 1.54) is 12.0 Å². The number of hydrogen-bond donors (Lipinski definition) is 0. The Hall–Kier alpha value is -2.79. The minimum Gasteiger partial charge on any atom is -0.495 e. The molecule has 30 heavy (non-hydrogen) atoms. The molecule has 0 bridgehead atoms. The third-order valence-electron chi connectivity index (χ3n) is 5.69. The molecule has 1 saturated heterocycles. The Morgan fingerprint density at radius 3 is 2.27 bits per heavy atom. The Kier molecular flexibility index (Phi) is 5.56. The van der Waals surface area contributed by atoms with Crippen LogP contribution in [0.5, 0.6) is 5.75 Å². The lowest BCUT2D eigenvalue weighted by molar-refractivity contribution is -0.120. The molecule has 0 N–H and O–H groups in total. The summed E-state index contributed by atoms with van der Waals surface area (Å²) in [5, 5.41) is 0.432. The summed E-state index contributed by atoms with van der Waals surface area (Å²) in [5.74, 6) is 0.621. The summed E-state index contributed by atoms with van der Waals surface area (Å²) < 4.78 is 5.43. The molecule has 4 rings (SSSR count). The third-order valence-corrected chi connectivity index (χ3v) is 5.92. The number of imide groups is 1. The lowest BCUT2D eigenvalue weighted by Gasteiger charge is -2.37. The summed E-state index contributed by atoms with van der Waals surface area (Å²) in [6.45, 7) is 5.86. The zero-order valence-corrected chi connectivity index (χ0v) is 18.1. The van der Waals surface area contributed by atoms with E-state index < -0.39 is 0 Å². The molecule has 6 heteroatoms. The summed E-state index contributed by atoms with van der Waals surface area (Å²) in [4.78, 5) is 30.6. The Morgan fingerprint density at radius 1 is 0.967 bits per heavy atom. The monoisotopic (exact) mass is 424 g/mol. The Morgan fingerprint density at radius 2 is 1.63 bits per heavy atom. The molecule has 2 aliphatic rings. The zero-order chi connectivity index (χ0) is 21.4. The maximum atomic E-state index is 13.7. The van der Waals surface area contributed by atoms with Crippen LogP contribution in [-0.2, 0) is 9.59 Å². The Balaban J connectivity index is 1.86. The number of ether oxygens (including phenoxy) is 1. The van der Waals surface area contributed by atoms with Crippen molar-refractivity contribution in [3.05, 3.63) is 64.8 Å². The summed E-state index contributed by atoms with van der Waals surface area (Å²) in [6.07, 6.45) is 1.11. The van der Waals surface area contributed by atoms with Gasteiger partial charge in [-0.15, -0.1) is 0 Å². The third kappa shape index (κ3) is 3.58. The fourth-order valence-electron chi connectivity index (χ4n) is 4.58. The largest absolute Gasteiger partial charge is 0.495 e. The quantitative estimate of drug-likeness (QED) is 0.672.